The average molecular weight is 306 g/mol. The van der Waals surface area contributed by atoms with E-state index in [1.54, 1.807) is 0 Å². The molecular formula is C17H26N2O3. The number of nitrogens with one attached hydrogen (secondary N) is 2. The number of carbonyl (C=O) groups is 2. The number of rotatable bonds is 8. The lowest BCUT2D eigenvalue weighted by Gasteiger charge is -2.22. The number of carboxylic acids is 1. The second-order valence-electron chi connectivity index (χ2n) is 5.74. The smallest absolute Gasteiger partial charge is 0.326 e. The Kier molecular flexibility index (Phi) is 7.43. The molecule has 0 spiro atoms. The summed E-state index contributed by atoms with van der Waals surface area (Å²) in [5, 5.41) is 14.5. The molecule has 3 N–H and O–H groups in total. The zero-order valence-corrected chi connectivity index (χ0v) is 13.5. The number of aliphatic carboxylic acids is 1. The molecule has 1 aromatic rings. The highest BCUT2D eigenvalue weighted by molar-refractivity contribution is 5.82. The number of carbonyl (C=O) groups excluding carboxylic acids is 1. The van der Waals surface area contributed by atoms with Crippen molar-refractivity contribution in [3.05, 3.63) is 35.9 Å². The first-order valence-corrected chi connectivity index (χ1v) is 7.77. The second kappa shape index (κ2) is 9.07. The van der Waals surface area contributed by atoms with Crippen molar-refractivity contribution in [2.24, 2.45) is 5.92 Å². The summed E-state index contributed by atoms with van der Waals surface area (Å²) in [7, 11) is 0. The van der Waals surface area contributed by atoms with E-state index in [4.69, 9.17) is 5.11 Å². The molecule has 0 aliphatic heterocycles. The van der Waals surface area contributed by atoms with Gasteiger partial charge in [-0.2, -0.15) is 0 Å². The van der Waals surface area contributed by atoms with E-state index in [9.17, 15) is 9.59 Å². The first kappa shape index (κ1) is 18.0. The molecule has 0 aliphatic carbocycles. The van der Waals surface area contributed by atoms with Crippen LogP contribution in [0.15, 0.2) is 30.3 Å². The monoisotopic (exact) mass is 306 g/mol. The third kappa shape index (κ3) is 6.16. The summed E-state index contributed by atoms with van der Waals surface area (Å²) >= 11 is 0. The van der Waals surface area contributed by atoms with Crippen LogP contribution in [0.2, 0.25) is 0 Å². The molecule has 2 amide bonds. The van der Waals surface area contributed by atoms with Gasteiger partial charge in [0.25, 0.3) is 0 Å². The van der Waals surface area contributed by atoms with Crippen molar-refractivity contribution < 1.29 is 14.7 Å². The predicted molar refractivity (Wildman–Crippen MR) is 86.8 cm³/mol. The van der Waals surface area contributed by atoms with Crippen LogP contribution in [0, 0.1) is 5.92 Å². The van der Waals surface area contributed by atoms with Crippen molar-refractivity contribution in [3.8, 4) is 0 Å². The van der Waals surface area contributed by atoms with Crippen LogP contribution in [0.1, 0.15) is 39.2 Å². The maximum absolute atomic E-state index is 11.9. The van der Waals surface area contributed by atoms with Crippen LogP contribution in [0.5, 0.6) is 0 Å². The number of urea groups is 1. The molecule has 0 saturated carbocycles. The fourth-order valence-electron chi connectivity index (χ4n) is 2.19. The van der Waals surface area contributed by atoms with E-state index in [1.165, 1.54) is 5.56 Å². The lowest BCUT2D eigenvalue weighted by Crippen LogP contribution is -2.51. The van der Waals surface area contributed by atoms with Crippen molar-refractivity contribution in [1.82, 2.24) is 10.6 Å². The van der Waals surface area contributed by atoms with Crippen molar-refractivity contribution >= 4 is 12.0 Å². The maximum Gasteiger partial charge on any atom is 0.326 e. The van der Waals surface area contributed by atoms with Crippen LogP contribution >= 0.6 is 0 Å². The minimum atomic E-state index is -0.999. The van der Waals surface area contributed by atoms with E-state index < -0.39 is 18.0 Å². The molecule has 1 rings (SSSR count). The lowest BCUT2D eigenvalue weighted by atomic mass is 9.99. The van der Waals surface area contributed by atoms with Crippen LogP contribution in [0.3, 0.4) is 0 Å². The van der Waals surface area contributed by atoms with E-state index in [0.29, 0.717) is 6.42 Å². The third-order valence-corrected chi connectivity index (χ3v) is 3.85. The predicted octanol–water partition coefficient (Wildman–Crippen LogP) is 2.81. The van der Waals surface area contributed by atoms with Gasteiger partial charge in [-0.1, -0.05) is 50.6 Å². The molecule has 22 heavy (non-hydrogen) atoms. The highest BCUT2D eigenvalue weighted by Gasteiger charge is 2.25. The summed E-state index contributed by atoms with van der Waals surface area (Å²) in [6.07, 6.45) is 2.37. The molecule has 3 atom stereocenters. The fraction of sp³-hybridized carbons (Fsp3) is 0.529. The molecule has 0 aromatic heterocycles. The average Bonchev–Trinajstić information content (AvgIpc) is 2.50. The highest BCUT2D eigenvalue weighted by Crippen LogP contribution is 2.08. The molecule has 0 radical (unpaired) electrons. The summed E-state index contributed by atoms with van der Waals surface area (Å²) in [5.74, 6) is -1.11. The summed E-state index contributed by atoms with van der Waals surface area (Å²) in [5.41, 5.74) is 1.22. The molecule has 5 nitrogen and oxygen atoms in total. The van der Waals surface area contributed by atoms with Gasteiger partial charge in [0.15, 0.2) is 0 Å². The summed E-state index contributed by atoms with van der Waals surface area (Å²) < 4.78 is 0. The Hall–Kier alpha value is -2.04. The SMILES string of the molecule is CC[C@H](C)[C@H](NC(=O)N[C@@H](C)CCc1ccccc1)C(=O)O. The Balaban J connectivity index is 2.41. The number of hydrogen-bond acceptors (Lipinski definition) is 2. The van der Waals surface area contributed by atoms with E-state index in [2.05, 4.69) is 22.8 Å². The molecule has 0 bridgehead atoms. The van der Waals surface area contributed by atoms with E-state index in [-0.39, 0.29) is 12.0 Å². The normalized spacial score (nSPS) is 14.7. The summed E-state index contributed by atoms with van der Waals surface area (Å²) in [6.45, 7) is 5.64. The molecule has 0 heterocycles. The molecule has 0 unspecified atom stereocenters. The van der Waals surface area contributed by atoms with Gasteiger partial charge in [0.2, 0.25) is 0 Å². The van der Waals surface area contributed by atoms with Gasteiger partial charge in [0.05, 0.1) is 0 Å². The van der Waals surface area contributed by atoms with Gasteiger partial charge >= 0.3 is 12.0 Å². The Morgan fingerprint density at radius 2 is 1.77 bits per heavy atom. The molecule has 5 heteroatoms. The minimum absolute atomic E-state index is 0.0217. The van der Waals surface area contributed by atoms with E-state index in [1.807, 2.05) is 39.0 Å². The van der Waals surface area contributed by atoms with Gasteiger partial charge in [0.1, 0.15) is 6.04 Å². The van der Waals surface area contributed by atoms with Gasteiger partial charge in [-0.15, -0.1) is 0 Å². The summed E-state index contributed by atoms with van der Waals surface area (Å²) in [6, 6.07) is 8.76. The second-order valence-corrected chi connectivity index (χ2v) is 5.74. The number of benzene rings is 1. The van der Waals surface area contributed by atoms with Crippen LogP contribution in [-0.2, 0) is 11.2 Å². The van der Waals surface area contributed by atoms with Crippen LogP contribution in [-0.4, -0.2) is 29.2 Å². The Bertz CT molecular complexity index is 476. The van der Waals surface area contributed by atoms with Gasteiger partial charge in [-0.25, -0.2) is 9.59 Å². The van der Waals surface area contributed by atoms with Gasteiger partial charge in [-0.3, -0.25) is 0 Å². The lowest BCUT2D eigenvalue weighted by molar-refractivity contribution is -0.140. The Labute approximate surface area is 132 Å². The molecule has 0 aliphatic rings. The summed E-state index contributed by atoms with van der Waals surface area (Å²) in [4.78, 5) is 23.1. The first-order valence-electron chi connectivity index (χ1n) is 7.77. The molecule has 1 aromatic carbocycles. The van der Waals surface area contributed by atoms with Crippen LogP contribution in [0.25, 0.3) is 0 Å². The number of amides is 2. The van der Waals surface area contributed by atoms with Crippen molar-refractivity contribution in [1.29, 1.82) is 0 Å². The number of carboxylic acid groups (broad SMARTS) is 1. The third-order valence-electron chi connectivity index (χ3n) is 3.85. The minimum Gasteiger partial charge on any atom is -0.480 e. The highest BCUT2D eigenvalue weighted by atomic mass is 16.4. The Morgan fingerprint density at radius 1 is 1.14 bits per heavy atom. The van der Waals surface area contributed by atoms with Crippen LogP contribution in [0.4, 0.5) is 4.79 Å². The molecule has 0 fully saturated rings. The van der Waals surface area contributed by atoms with Crippen molar-refractivity contribution in [2.75, 3.05) is 0 Å². The largest absolute Gasteiger partial charge is 0.480 e. The fourth-order valence-corrected chi connectivity index (χ4v) is 2.19. The number of aryl methyl sites for hydroxylation is 1. The Morgan fingerprint density at radius 3 is 2.32 bits per heavy atom. The van der Waals surface area contributed by atoms with Gasteiger partial charge in [-0.05, 0) is 31.2 Å². The zero-order valence-electron chi connectivity index (χ0n) is 13.5. The molecule has 0 saturated heterocycles. The standard InChI is InChI=1S/C17H26N2O3/c1-4-12(2)15(16(20)21)19-17(22)18-13(3)10-11-14-8-6-5-7-9-14/h5-9,12-13,15H,4,10-11H2,1-3H3,(H,20,21)(H2,18,19,22)/t12-,13-,15-/m0/s1. The topological polar surface area (TPSA) is 78.4 Å². The van der Waals surface area contributed by atoms with Crippen LogP contribution < -0.4 is 10.6 Å². The zero-order chi connectivity index (χ0) is 16.5. The van der Waals surface area contributed by atoms with E-state index in [0.717, 1.165) is 12.8 Å². The van der Waals surface area contributed by atoms with Crippen molar-refractivity contribution in [2.45, 2.75) is 52.1 Å². The maximum atomic E-state index is 11.9. The van der Waals surface area contributed by atoms with Gasteiger partial charge in [0, 0.05) is 6.04 Å². The van der Waals surface area contributed by atoms with Gasteiger partial charge < -0.3 is 15.7 Å². The molecule has 122 valence electrons. The quantitative estimate of drug-likeness (QED) is 0.691. The molecular weight excluding hydrogens is 280 g/mol. The first-order chi connectivity index (χ1) is 10.4. The van der Waals surface area contributed by atoms with Crippen molar-refractivity contribution in [3.63, 3.8) is 0 Å². The van der Waals surface area contributed by atoms with E-state index >= 15 is 0 Å². The number of hydrogen-bond donors (Lipinski definition) is 3.